The van der Waals surface area contributed by atoms with Gasteiger partial charge in [0, 0.05) is 32.5 Å². The molecule has 4 aromatic rings. The molecule has 43 heavy (non-hydrogen) atoms. The van der Waals surface area contributed by atoms with Crippen molar-refractivity contribution in [1.29, 1.82) is 0 Å². The summed E-state index contributed by atoms with van der Waals surface area (Å²) in [5.74, 6) is 2.66. The van der Waals surface area contributed by atoms with Crippen LogP contribution >= 0.6 is 0 Å². The van der Waals surface area contributed by atoms with Gasteiger partial charge in [0.15, 0.2) is 30.2 Å². The molecular formula is C36H44O4Si3. The maximum absolute atomic E-state index is 6.34. The summed E-state index contributed by atoms with van der Waals surface area (Å²) >= 11 is 0. The number of benzene rings is 4. The van der Waals surface area contributed by atoms with Gasteiger partial charge in [0.25, 0.3) is 0 Å². The molecule has 0 N–H and O–H groups in total. The largest absolute Gasteiger partial charge is 0.468 e. The van der Waals surface area contributed by atoms with E-state index in [1.165, 1.54) is 56.6 Å². The van der Waals surface area contributed by atoms with Crippen molar-refractivity contribution in [2.45, 2.75) is 63.2 Å². The third-order valence-corrected chi connectivity index (χ3v) is 12.4. The van der Waals surface area contributed by atoms with Crippen LogP contribution in [0.2, 0.25) is 51.4 Å². The average Bonchev–Trinajstić information content (AvgIpc) is 3.46. The lowest BCUT2D eigenvalue weighted by Crippen LogP contribution is -2.27. The number of rotatable bonds is 12. The molecule has 2 aliphatic rings. The van der Waals surface area contributed by atoms with Gasteiger partial charge in [0.05, 0.1) is 0 Å². The van der Waals surface area contributed by atoms with Crippen LogP contribution in [0.4, 0.5) is 0 Å². The third-order valence-electron chi connectivity index (χ3n) is 8.48. The Kier molecular flexibility index (Phi) is 8.54. The van der Waals surface area contributed by atoms with Crippen molar-refractivity contribution < 1.29 is 18.3 Å². The Morgan fingerprint density at radius 2 is 0.907 bits per heavy atom. The normalized spacial score (nSPS) is 17.1. The van der Waals surface area contributed by atoms with Gasteiger partial charge in [-0.2, -0.15) is 0 Å². The monoisotopic (exact) mass is 624 g/mol. The zero-order valence-electron chi connectivity index (χ0n) is 26.4. The maximum Gasteiger partial charge on any atom is 0.188 e. The van der Waals surface area contributed by atoms with Crippen molar-refractivity contribution in [1.82, 2.24) is 0 Å². The van der Waals surface area contributed by atoms with Gasteiger partial charge in [-0.25, -0.2) is 0 Å². The second-order valence-corrected chi connectivity index (χ2v) is 24.6. The van der Waals surface area contributed by atoms with Crippen molar-refractivity contribution >= 4 is 26.2 Å². The van der Waals surface area contributed by atoms with Gasteiger partial charge < -0.3 is 18.3 Å². The summed E-state index contributed by atoms with van der Waals surface area (Å²) in [6, 6.07) is 33.3. The summed E-state index contributed by atoms with van der Waals surface area (Å²) in [5, 5.41) is 0. The summed E-state index contributed by atoms with van der Waals surface area (Å²) in [6.07, 6.45) is 0. The first-order valence-electron chi connectivity index (χ1n) is 15.6. The molecule has 0 heterocycles. The minimum absolute atomic E-state index is 0.312. The molecule has 7 heteroatoms. The van der Waals surface area contributed by atoms with Crippen molar-refractivity contribution in [2.75, 3.05) is 13.6 Å². The summed E-state index contributed by atoms with van der Waals surface area (Å²) in [4.78, 5) is 0. The maximum atomic E-state index is 6.34. The van der Waals surface area contributed by atoms with Crippen LogP contribution in [0, 0.1) is 0 Å². The molecule has 2 aliphatic carbocycles. The van der Waals surface area contributed by atoms with Gasteiger partial charge in [-0.1, -0.05) is 84.9 Å². The molecular weight excluding hydrogens is 581 g/mol. The summed E-state index contributed by atoms with van der Waals surface area (Å²) in [7, 11) is -3.82. The Bertz CT molecular complexity index is 1490. The van der Waals surface area contributed by atoms with Gasteiger partial charge in [0.1, 0.15) is 11.5 Å². The van der Waals surface area contributed by atoms with Crippen molar-refractivity contribution in [3.63, 3.8) is 0 Å². The minimum atomic E-state index is -1.67. The van der Waals surface area contributed by atoms with E-state index in [4.69, 9.17) is 18.3 Å². The highest BCUT2D eigenvalue weighted by atomic mass is 28.4. The number of fused-ring (bicyclic) bond motifs is 6. The van der Waals surface area contributed by atoms with Crippen molar-refractivity contribution in [2.24, 2.45) is 0 Å². The van der Waals surface area contributed by atoms with E-state index in [1.807, 2.05) is 0 Å². The van der Waals surface area contributed by atoms with Crippen LogP contribution in [0.15, 0.2) is 84.9 Å². The van der Waals surface area contributed by atoms with E-state index in [0.717, 1.165) is 11.5 Å². The number of ether oxygens (including phenoxy) is 2. The molecule has 2 atom stereocenters. The van der Waals surface area contributed by atoms with Gasteiger partial charge >= 0.3 is 0 Å². The van der Waals surface area contributed by atoms with E-state index in [0.29, 0.717) is 25.4 Å². The average molecular weight is 625 g/mol. The van der Waals surface area contributed by atoms with Gasteiger partial charge in [-0.05, 0) is 84.8 Å². The SMILES string of the molecule is C[Si](C)(C)OCOc1cccc2c1C(C[SiH2]CC1c3ccccc3-c3cccc(OCO[Si](C)(C)C)c31)c1ccccc1-2. The van der Waals surface area contributed by atoms with Crippen LogP contribution in [0.3, 0.4) is 0 Å². The Balaban J connectivity index is 1.25. The Hall–Kier alpha value is -2.95. The smallest absolute Gasteiger partial charge is 0.188 e. The first-order valence-corrected chi connectivity index (χ1v) is 24.4. The first-order chi connectivity index (χ1) is 20.6. The Morgan fingerprint density at radius 1 is 0.512 bits per heavy atom. The molecule has 0 bridgehead atoms. The van der Waals surface area contributed by atoms with Crippen LogP contribution < -0.4 is 9.47 Å². The standard InChI is InChI=1S/C36H44O4Si3/c1-42(2,3)39-23-37-33-19-11-17-29-25-13-7-9-15-27(25)31(35(29)33)21-41-22-32-28-16-10-8-14-26(28)30-18-12-20-34(36(30)32)38-24-40-43(4,5)6/h7-20,31-32H,21-24,41H2,1-6H3. The highest BCUT2D eigenvalue weighted by molar-refractivity contribution is 6.70. The van der Waals surface area contributed by atoms with Gasteiger partial charge in [-0.15, -0.1) is 0 Å². The molecule has 0 spiro atoms. The van der Waals surface area contributed by atoms with E-state index in [2.05, 4.69) is 124 Å². The zero-order valence-corrected chi connectivity index (χ0v) is 29.8. The molecule has 0 fully saturated rings. The van der Waals surface area contributed by atoms with Crippen molar-refractivity contribution in [3.05, 3.63) is 107 Å². The molecule has 4 aromatic carbocycles. The third kappa shape index (κ3) is 6.47. The highest BCUT2D eigenvalue weighted by Gasteiger charge is 2.34. The molecule has 224 valence electrons. The van der Waals surface area contributed by atoms with Crippen LogP contribution in [0.1, 0.15) is 34.1 Å². The van der Waals surface area contributed by atoms with Gasteiger partial charge in [0.2, 0.25) is 0 Å². The Morgan fingerprint density at radius 3 is 1.33 bits per heavy atom. The van der Waals surface area contributed by atoms with Crippen molar-refractivity contribution in [3.8, 4) is 33.8 Å². The topological polar surface area (TPSA) is 36.9 Å². The fourth-order valence-corrected chi connectivity index (χ4v) is 9.67. The second kappa shape index (κ2) is 12.2. The molecule has 2 unspecified atom stereocenters. The predicted octanol–water partition coefficient (Wildman–Crippen LogP) is 8.99. The Labute approximate surface area is 261 Å². The van der Waals surface area contributed by atoms with E-state index in [-0.39, 0.29) is 0 Å². The lowest BCUT2D eigenvalue weighted by atomic mass is 9.98. The van der Waals surface area contributed by atoms with E-state index < -0.39 is 26.2 Å². The van der Waals surface area contributed by atoms with Crippen LogP contribution in [0.25, 0.3) is 22.3 Å². The lowest BCUT2D eigenvalue weighted by molar-refractivity contribution is 0.112. The molecule has 0 aromatic heterocycles. The molecule has 0 amide bonds. The van der Waals surface area contributed by atoms with E-state index >= 15 is 0 Å². The summed E-state index contributed by atoms with van der Waals surface area (Å²) < 4.78 is 24.8. The molecule has 0 saturated carbocycles. The second-order valence-electron chi connectivity index (χ2n) is 13.7. The fourth-order valence-electron chi connectivity index (χ4n) is 6.60. The fraction of sp³-hybridized carbons (Fsp3) is 0.333. The predicted molar refractivity (Wildman–Crippen MR) is 185 cm³/mol. The summed E-state index contributed by atoms with van der Waals surface area (Å²) in [5.41, 5.74) is 10.9. The molecule has 0 saturated heterocycles. The van der Waals surface area contributed by atoms with Crippen LogP contribution in [0.5, 0.6) is 11.5 Å². The molecule has 0 aliphatic heterocycles. The molecule has 4 nitrogen and oxygen atoms in total. The van der Waals surface area contributed by atoms with Crippen LogP contribution in [-0.4, -0.2) is 39.7 Å². The zero-order chi connectivity index (χ0) is 30.2. The molecule has 0 radical (unpaired) electrons. The first kappa shape index (κ1) is 30.1. The van der Waals surface area contributed by atoms with Gasteiger partial charge in [-0.3, -0.25) is 0 Å². The summed E-state index contributed by atoms with van der Waals surface area (Å²) in [6.45, 7) is 13.8. The lowest BCUT2D eigenvalue weighted by Gasteiger charge is -2.22. The van der Waals surface area contributed by atoms with Crippen LogP contribution in [-0.2, 0) is 8.85 Å². The number of hydrogen-bond donors (Lipinski definition) is 0. The highest BCUT2D eigenvalue weighted by Crippen LogP contribution is 2.53. The van der Waals surface area contributed by atoms with E-state index in [1.54, 1.807) is 0 Å². The quantitative estimate of drug-likeness (QED) is 0.116. The minimum Gasteiger partial charge on any atom is -0.468 e. The van der Waals surface area contributed by atoms with E-state index in [9.17, 15) is 0 Å². The molecule has 6 rings (SSSR count). The number of hydrogen-bond acceptors (Lipinski definition) is 4.